The third kappa shape index (κ3) is 3.79. The van der Waals surface area contributed by atoms with Gasteiger partial charge in [0, 0.05) is 11.1 Å². The molecule has 0 bridgehead atoms. The summed E-state index contributed by atoms with van der Waals surface area (Å²) >= 11 is 0. The molecule has 11 heteroatoms. The SMILES string of the molecule is O=C(O)c1ccoc1C(O)c1ccc2c(c1)CCc1c-2noc1-c1cnn(-c2ccccc2)c1C(F)(F)F. The van der Waals surface area contributed by atoms with Crippen molar-refractivity contribution in [1.82, 2.24) is 14.9 Å². The molecule has 1 unspecified atom stereocenters. The lowest BCUT2D eigenvalue weighted by Gasteiger charge is -2.18. The van der Waals surface area contributed by atoms with Gasteiger partial charge < -0.3 is 19.2 Å². The number of aromatic nitrogens is 3. The van der Waals surface area contributed by atoms with Crippen LogP contribution in [0.5, 0.6) is 0 Å². The van der Waals surface area contributed by atoms with Crippen LogP contribution < -0.4 is 0 Å². The van der Waals surface area contributed by atoms with Crippen LogP contribution in [0.2, 0.25) is 0 Å². The number of hydrogen-bond acceptors (Lipinski definition) is 6. The zero-order valence-corrected chi connectivity index (χ0v) is 19.4. The maximum atomic E-state index is 14.2. The number of alkyl halides is 3. The fourth-order valence-electron chi connectivity index (χ4n) is 4.86. The summed E-state index contributed by atoms with van der Waals surface area (Å²) in [4.78, 5) is 11.4. The van der Waals surface area contributed by atoms with Crippen molar-refractivity contribution in [3.05, 3.63) is 101 Å². The number of furan rings is 1. The van der Waals surface area contributed by atoms with Crippen molar-refractivity contribution in [3.8, 4) is 28.3 Å². The van der Waals surface area contributed by atoms with E-state index in [0.717, 1.165) is 16.4 Å². The van der Waals surface area contributed by atoms with Crippen LogP contribution in [0.4, 0.5) is 13.2 Å². The number of aromatic carboxylic acids is 1. The number of para-hydroxylation sites is 1. The number of halogens is 3. The van der Waals surface area contributed by atoms with E-state index < -0.39 is 23.9 Å². The third-order valence-electron chi connectivity index (χ3n) is 6.59. The summed E-state index contributed by atoms with van der Waals surface area (Å²) in [5, 5.41) is 28.2. The Morgan fingerprint density at radius 1 is 1.05 bits per heavy atom. The summed E-state index contributed by atoms with van der Waals surface area (Å²) in [6.07, 6.45) is -2.91. The molecule has 8 nitrogen and oxygen atoms in total. The van der Waals surface area contributed by atoms with Gasteiger partial charge in [-0.2, -0.15) is 18.3 Å². The number of fused-ring (bicyclic) bond motifs is 3. The van der Waals surface area contributed by atoms with Crippen molar-refractivity contribution in [2.75, 3.05) is 0 Å². The Bertz CT molecular complexity index is 1670. The number of carboxylic acids is 1. The lowest BCUT2D eigenvalue weighted by molar-refractivity contribution is -0.142. The molecule has 5 aromatic rings. The molecule has 1 atom stereocenters. The summed E-state index contributed by atoms with van der Waals surface area (Å²) < 4.78 is 54.2. The summed E-state index contributed by atoms with van der Waals surface area (Å²) in [5.74, 6) is -1.31. The van der Waals surface area contributed by atoms with Gasteiger partial charge in [0.05, 0.1) is 23.7 Å². The van der Waals surface area contributed by atoms with Crippen LogP contribution in [0.15, 0.2) is 76.0 Å². The Kier molecular flexibility index (Phi) is 5.46. The van der Waals surface area contributed by atoms with Crippen LogP contribution >= 0.6 is 0 Å². The van der Waals surface area contributed by atoms with Gasteiger partial charge in [-0.1, -0.05) is 41.6 Å². The highest BCUT2D eigenvalue weighted by molar-refractivity contribution is 5.89. The van der Waals surface area contributed by atoms with Crippen molar-refractivity contribution in [1.29, 1.82) is 0 Å². The molecule has 2 aromatic carbocycles. The van der Waals surface area contributed by atoms with Crippen LogP contribution in [0.25, 0.3) is 28.3 Å². The van der Waals surface area contributed by atoms with Gasteiger partial charge in [-0.15, -0.1) is 0 Å². The van der Waals surface area contributed by atoms with Gasteiger partial charge in [0.15, 0.2) is 17.2 Å². The number of carbonyl (C=O) groups is 1. The molecular weight excluding hydrogens is 503 g/mol. The molecule has 6 rings (SSSR count). The molecule has 0 saturated heterocycles. The van der Waals surface area contributed by atoms with Crippen LogP contribution in [-0.2, 0) is 19.0 Å². The predicted molar refractivity (Wildman–Crippen MR) is 127 cm³/mol. The number of hydrogen-bond donors (Lipinski definition) is 2. The summed E-state index contributed by atoms with van der Waals surface area (Å²) in [6, 6.07) is 14.3. The molecule has 38 heavy (non-hydrogen) atoms. The van der Waals surface area contributed by atoms with E-state index in [0.29, 0.717) is 35.2 Å². The first-order chi connectivity index (χ1) is 18.2. The van der Waals surface area contributed by atoms with E-state index in [9.17, 15) is 28.2 Å². The number of aliphatic hydroxyl groups excluding tert-OH is 1. The number of rotatable bonds is 5. The van der Waals surface area contributed by atoms with Gasteiger partial charge in [0.1, 0.15) is 17.4 Å². The van der Waals surface area contributed by atoms with Crippen LogP contribution in [0.1, 0.15) is 44.6 Å². The Balaban J connectivity index is 1.40. The zero-order valence-electron chi connectivity index (χ0n) is 19.4. The van der Waals surface area contributed by atoms with E-state index in [4.69, 9.17) is 8.94 Å². The Morgan fingerprint density at radius 3 is 2.58 bits per heavy atom. The smallest absolute Gasteiger partial charge is 0.434 e. The highest BCUT2D eigenvalue weighted by Gasteiger charge is 2.41. The normalized spacial score (nSPS) is 13.7. The molecule has 2 N–H and O–H groups in total. The largest absolute Gasteiger partial charge is 0.478 e. The molecule has 1 aliphatic carbocycles. The molecule has 0 fully saturated rings. The summed E-state index contributed by atoms with van der Waals surface area (Å²) in [6.45, 7) is 0. The molecule has 0 saturated carbocycles. The standard InChI is InChI=1S/C27H18F3N3O5/c28-27(29,30)25-20(13-31-33(25)16-4-2-1-3-5-16)23-18-9-6-14-12-15(7-8-17(14)21(18)32-38-23)22(34)24-19(26(35)36)10-11-37-24/h1-5,7-8,10-13,22,34H,6,9H2,(H,35,36). The molecule has 0 amide bonds. The zero-order chi connectivity index (χ0) is 26.6. The van der Waals surface area contributed by atoms with Gasteiger partial charge in [-0.25, -0.2) is 9.48 Å². The second-order valence-electron chi connectivity index (χ2n) is 8.81. The highest BCUT2D eigenvalue weighted by Crippen LogP contribution is 2.44. The molecule has 0 aliphatic heterocycles. The lowest BCUT2D eigenvalue weighted by Crippen LogP contribution is -2.14. The average Bonchev–Trinajstić information content (AvgIpc) is 3.66. The molecule has 3 heterocycles. The third-order valence-corrected chi connectivity index (χ3v) is 6.59. The monoisotopic (exact) mass is 521 g/mol. The van der Waals surface area contributed by atoms with E-state index in [-0.39, 0.29) is 28.3 Å². The Morgan fingerprint density at radius 2 is 1.84 bits per heavy atom. The molecule has 192 valence electrons. The fraction of sp³-hybridized carbons (Fsp3) is 0.148. The number of carboxylic acid groups (broad SMARTS) is 1. The number of aryl methyl sites for hydroxylation is 1. The lowest BCUT2D eigenvalue weighted by atomic mass is 9.86. The second-order valence-corrected chi connectivity index (χ2v) is 8.81. The molecule has 1 aliphatic rings. The number of nitrogens with zero attached hydrogens (tertiary/aromatic N) is 3. The van der Waals surface area contributed by atoms with E-state index >= 15 is 0 Å². The second kappa shape index (κ2) is 8.73. The van der Waals surface area contributed by atoms with Gasteiger partial charge >= 0.3 is 12.1 Å². The first-order valence-corrected chi connectivity index (χ1v) is 11.6. The van der Waals surface area contributed by atoms with Crippen LogP contribution in [-0.4, -0.2) is 31.1 Å². The van der Waals surface area contributed by atoms with Gasteiger partial charge in [-0.3, -0.25) is 0 Å². The van der Waals surface area contributed by atoms with Gasteiger partial charge in [0.2, 0.25) is 0 Å². The van der Waals surface area contributed by atoms with E-state index in [1.165, 1.54) is 24.5 Å². The van der Waals surface area contributed by atoms with Crippen molar-refractivity contribution in [3.63, 3.8) is 0 Å². The molecule has 3 aromatic heterocycles. The minimum Gasteiger partial charge on any atom is -0.478 e. The van der Waals surface area contributed by atoms with E-state index in [1.54, 1.807) is 36.4 Å². The Labute approximate surface area is 212 Å². The maximum absolute atomic E-state index is 14.2. The van der Waals surface area contributed by atoms with E-state index in [2.05, 4.69) is 10.3 Å². The van der Waals surface area contributed by atoms with Crippen LogP contribution in [0.3, 0.4) is 0 Å². The van der Waals surface area contributed by atoms with Crippen molar-refractivity contribution >= 4 is 5.97 Å². The minimum atomic E-state index is -4.71. The quantitative estimate of drug-likeness (QED) is 0.306. The Hall–Kier alpha value is -4.64. The summed E-state index contributed by atoms with van der Waals surface area (Å²) in [7, 11) is 0. The van der Waals surface area contributed by atoms with Gasteiger partial charge in [-0.05, 0) is 42.2 Å². The van der Waals surface area contributed by atoms with Gasteiger partial charge in [0.25, 0.3) is 0 Å². The minimum absolute atomic E-state index is 0.00551. The van der Waals surface area contributed by atoms with Crippen molar-refractivity contribution in [2.45, 2.75) is 25.1 Å². The predicted octanol–water partition coefficient (Wildman–Crippen LogP) is 5.68. The maximum Gasteiger partial charge on any atom is 0.434 e. The first kappa shape index (κ1) is 23.7. The average molecular weight is 521 g/mol. The van der Waals surface area contributed by atoms with E-state index in [1.807, 2.05) is 0 Å². The summed E-state index contributed by atoms with van der Waals surface area (Å²) in [5.41, 5.74) is 1.75. The van der Waals surface area contributed by atoms with Crippen molar-refractivity contribution in [2.24, 2.45) is 0 Å². The number of benzene rings is 2. The highest BCUT2D eigenvalue weighted by atomic mass is 19.4. The first-order valence-electron chi connectivity index (χ1n) is 11.6. The molecule has 0 spiro atoms. The van der Waals surface area contributed by atoms with Crippen molar-refractivity contribution < 1.29 is 37.1 Å². The molecular formula is C27H18F3N3O5. The fourth-order valence-corrected chi connectivity index (χ4v) is 4.86. The van der Waals surface area contributed by atoms with Crippen LogP contribution in [0, 0.1) is 0 Å². The topological polar surface area (TPSA) is 115 Å². The number of aliphatic hydroxyl groups is 1. The molecule has 0 radical (unpaired) electrons.